The van der Waals surface area contributed by atoms with Gasteiger partial charge in [-0.05, 0) is 47.5 Å². The Labute approximate surface area is 143 Å². The molecule has 3 N–H and O–H groups in total. The summed E-state index contributed by atoms with van der Waals surface area (Å²) in [5.74, 6) is -0.315. The Morgan fingerprint density at radius 3 is 1.84 bits per heavy atom. The van der Waals surface area contributed by atoms with Crippen LogP contribution in [0.2, 0.25) is 0 Å². The Bertz CT molecular complexity index is 947. The van der Waals surface area contributed by atoms with Crippen LogP contribution < -0.4 is 4.74 Å². The predicted octanol–water partition coefficient (Wildman–Crippen LogP) is 3.06. The molecule has 3 aromatic carbocycles. The van der Waals surface area contributed by atoms with Gasteiger partial charge in [-0.25, -0.2) is 4.79 Å². The van der Waals surface area contributed by atoms with Crippen LogP contribution in [0.1, 0.15) is 16.7 Å². The molecule has 0 spiro atoms. The Balaban J connectivity index is 2.10. The number of rotatable bonds is 2. The molecule has 0 atom stereocenters. The lowest BCUT2D eigenvalue weighted by atomic mass is 9.70. The molecular formula is C20H14O5. The van der Waals surface area contributed by atoms with Gasteiger partial charge in [0.05, 0.1) is 0 Å². The minimum atomic E-state index is -1.35. The Morgan fingerprint density at radius 2 is 1.28 bits per heavy atom. The second-order valence-electron chi connectivity index (χ2n) is 5.92. The Morgan fingerprint density at radius 1 is 0.720 bits per heavy atom. The molecule has 0 fully saturated rings. The molecule has 0 amide bonds. The first-order valence-corrected chi connectivity index (χ1v) is 7.66. The highest BCUT2D eigenvalue weighted by molar-refractivity contribution is 5.98. The average molecular weight is 334 g/mol. The molecule has 3 aromatic rings. The maximum atomic E-state index is 13.0. The first kappa shape index (κ1) is 15.1. The van der Waals surface area contributed by atoms with Crippen molar-refractivity contribution < 1.29 is 24.9 Å². The van der Waals surface area contributed by atoms with Crippen molar-refractivity contribution in [2.24, 2.45) is 0 Å². The van der Waals surface area contributed by atoms with Crippen molar-refractivity contribution >= 4 is 5.97 Å². The quantitative estimate of drug-likeness (QED) is 0.495. The third-order valence-electron chi connectivity index (χ3n) is 4.44. The summed E-state index contributed by atoms with van der Waals surface area (Å²) in [6.07, 6.45) is 0. The number of hydrogen-bond donors (Lipinski definition) is 3. The second kappa shape index (κ2) is 5.27. The summed E-state index contributed by atoms with van der Waals surface area (Å²) < 4.78 is 5.43. The summed E-state index contributed by atoms with van der Waals surface area (Å²) in [4.78, 5) is 13.0. The number of ether oxygens (including phenoxy) is 1. The molecule has 0 bridgehead atoms. The zero-order chi connectivity index (χ0) is 17.6. The molecule has 1 aliphatic heterocycles. The van der Waals surface area contributed by atoms with Gasteiger partial charge in [-0.15, -0.1) is 0 Å². The lowest BCUT2D eigenvalue weighted by molar-refractivity contribution is -0.135. The van der Waals surface area contributed by atoms with E-state index in [-0.39, 0.29) is 23.0 Å². The summed E-state index contributed by atoms with van der Waals surface area (Å²) in [7, 11) is 0. The fraction of sp³-hybridized carbons (Fsp3) is 0.0500. The molecule has 5 heteroatoms. The van der Waals surface area contributed by atoms with E-state index in [1.807, 2.05) is 0 Å². The molecule has 124 valence electrons. The van der Waals surface area contributed by atoms with Gasteiger partial charge in [-0.2, -0.15) is 0 Å². The first-order chi connectivity index (χ1) is 12.0. The SMILES string of the molecule is O=C1Oc2cc(O)ccc2C1(c1cccc(O)c1)c1cccc(O)c1. The van der Waals surface area contributed by atoms with Crippen molar-refractivity contribution in [2.75, 3.05) is 0 Å². The molecule has 1 heterocycles. The summed E-state index contributed by atoms with van der Waals surface area (Å²) in [6.45, 7) is 0. The van der Waals surface area contributed by atoms with Gasteiger partial charge < -0.3 is 20.1 Å². The van der Waals surface area contributed by atoms with Crippen LogP contribution in [0.25, 0.3) is 0 Å². The van der Waals surface area contributed by atoms with E-state index in [1.54, 1.807) is 30.3 Å². The molecule has 4 rings (SSSR count). The Hall–Kier alpha value is -3.47. The normalized spacial score (nSPS) is 14.8. The number of fused-ring (bicyclic) bond motifs is 1. The van der Waals surface area contributed by atoms with Gasteiger partial charge >= 0.3 is 5.97 Å². The van der Waals surface area contributed by atoms with Gasteiger partial charge in [0.15, 0.2) is 0 Å². The minimum absolute atomic E-state index is 0.0112. The molecule has 0 aromatic heterocycles. The van der Waals surface area contributed by atoms with Crippen LogP contribution in [0.3, 0.4) is 0 Å². The highest BCUT2D eigenvalue weighted by Gasteiger charge is 2.52. The number of carbonyl (C=O) groups is 1. The minimum Gasteiger partial charge on any atom is -0.508 e. The molecular weight excluding hydrogens is 320 g/mol. The first-order valence-electron chi connectivity index (χ1n) is 7.66. The lowest BCUT2D eigenvalue weighted by Crippen LogP contribution is -2.36. The number of carbonyl (C=O) groups excluding carboxylic acids is 1. The van der Waals surface area contributed by atoms with Crippen LogP contribution >= 0.6 is 0 Å². The van der Waals surface area contributed by atoms with E-state index >= 15 is 0 Å². The maximum absolute atomic E-state index is 13.0. The highest BCUT2D eigenvalue weighted by atomic mass is 16.5. The van der Waals surface area contributed by atoms with Crippen molar-refractivity contribution in [3.05, 3.63) is 83.4 Å². The second-order valence-corrected chi connectivity index (χ2v) is 5.92. The average Bonchev–Trinajstić information content (AvgIpc) is 2.86. The van der Waals surface area contributed by atoms with E-state index in [1.165, 1.54) is 36.4 Å². The number of phenolic OH excluding ortho intramolecular Hbond substituents is 3. The highest BCUT2D eigenvalue weighted by Crippen LogP contribution is 2.50. The fourth-order valence-electron chi connectivity index (χ4n) is 3.38. The zero-order valence-corrected chi connectivity index (χ0v) is 13.0. The fourth-order valence-corrected chi connectivity index (χ4v) is 3.38. The van der Waals surface area contributed by atoms with E-state index in [9.17, 15) is 20.1 Å². The summed E-state index contributed by atoms with van der Waals surface area (Å²) >= 11 is 0. The van der Waals surface area contributed by atoms with Crippen molar-refractivity contribution in [2.45, 2.75) is 5.41 Å². The number of benzene rings is 3. The third-order valence-corrected chi connectivity index (χ3v) is 4.44. The smallest absolute Gasteiger partial charge is 0.331 e. The number of hydrogen-bond acceptors (Lipinski definition) is 5. The molecule has 25 heavy (non-hydrogen) atoms. The van der Waals surface area contributed by atoms with Gasteiger partial charge in [-0.1, -0.05) is 24.3 Å². The van der Waals surface area contributed by atoms with Gasteiger partial charge in [0.1, 0.15) is 28.4 Å². The molecule has 0 unspecified atom stereocenters. The number of phenols is 3. The number of aromatic hydroxyl groups is 3. The standard InChI is InChI=1S/C20H14O5/c21-14-5-1-3-12(9-14)20(13-4-2-6-15(22)10-13)17-8-7-16(23)11-18(17)25-19(20)24/h1-11,21-23H. The third kappa shape index (κ3) is 2.13. The summed E-state index contributed by atoms with van der Waals surface area (Å²) in [5, 5.41) is 29.6. The molecule has 0 aliphatic carbocycles. The zero-order valence-electron chi connectivity index (χ0n) is 13.0. The molecule has 1 aliphatic rings. The maximum Gasteiger partial charge on any atom is 0.331 e. The van der Waals surface area contributed by atoms with Crippen molar-refractivity contribution in [1.29, 1.82) is 0 Å². The van der Waals surface area contributed by atoms with Crippen LogP contribution in [-0.4, -0.2) is 21.3 Å². The topological polar surface area (TPSA) is 87.0 Å². The van der Waals surface area contributed by atoms with Gasteiger partial charge in [0.25, 0.3) is 0 Å². The van der Waals surface area contributed by atoms with Gasteiger partial charge in [0, 0.05) is 11.6 Å². The van der Waals surface area contributed by atoms with Crippen LogP contribution in [0, 0.1) is 0 Å². The van der Waals surface area contributed by atoms with Crippen LogP contribution in [0.15, 0.2) is 66.7 Å². The molecule has 0 saturated carbocycles. The van der Waals surface area contributed by atoms with E-state index in [0.717, 1.165) is 0 Å². The monoisotopic (exact) mass is 334 g/mol. The molecule has 5 nitrogen and oxygen atoms in total. The van der Waals surface area contributed by atoms with E-state index in [2.05, 4.69) is 0 Å². The Kier molecular flexibility index (Phi) is 3.18. The lowest BCUT2D eigenvalue weighted by Gasteiger charge is -2.27. The summed E-state index contributed by atoms with van der Waals surface area (Å²) in [6, 6.07) is 17.2. The van der Waals surface area contributed by atoms with E-state index in [0.29, 0.717) is 16.7 Å². The largest absolute Gasteiger partial charge is 0.508 e. The van der Waals surface area contributed by atoms with Crippen molar-refractivity contribution in [3.63, 3.8) is 0 Å². The molecule has 0 radical (unpaired) electrons. The van der Waals surface area contributed by atoms with E-state index in [4.69, 9.17) is 4.74 Å². The van der Waals surface area contributed by atoms with Crippen molar-refractivity contribution in [1.82, 2.24) is 0 Å². The summed E-state index contributed by atoms with van der Waals surface area (Å²) in [5.41, 5.74) is 0.201. The molecule has 0 saturated heterocycles. The van der Waals surface area contributed by atoms with Crippen molar-refractivity contribution in [3.8, 4) is 23.0 Å². The van der Waals surface area contributed by atoms with E-state index < -0.39 is 11.4 Å². The van der Waals surface area contributed by atoms with Crippen LogP contribution in [0.4, 0.5) is 0 Å². The number of esters is 1. The van der Waals surface area contributed by atoms with Gasteiger partial charge in [0.2, 0.25) is 0 Å². The van der Waals surface area contributed by atoms with Crippen LogP contribution in [-0.2, 0) is 10.2 Å². The van der Waals surface area contributed by atoms with Gasteiger partial charge in [-0.3, -0.25) is 0 Å². The predicted molar refractivity (Wildman–Crippen MR) is 89.8 cm³/mol. The van der Waals surface area contributed by atoms with Crippen LogP contribution in [0.5, 0.6) is 23.0 Å².